The molecule has 0 aliphatic carbocycles. The summed E-state index contributed by atoms with van der Waals surface area (Å²) in [5.74, 6) is 0. The van der Waals surface area contributed by atoms with E-state index in [1.54, 1.807) is 0 Å². The number of rotatable bonds is 0. The predicted molar refractivity (Wildman–Crippen MR) is 114 cm³/mol. The van der Waals surface area contributed by atoms with E-state index in [4.69, 9.17) is 0 Å². The maximum Gasteiger partial charge on any atom is 2.00 e. The number of hydrogen-bond donors (Lipinski definition) is 0. The second-order valence-corrected chi connectivity index (χ2v) is 6.97. The minimum Gasteiger partial charge on any atom is -0.168 e. The van der Waals surface area contributed by atoms with Crippen molar-refractivity contribution in [2.45, 2.75) is 13.1 Å². The van der Waals surface area contributed by atoms with Gasteiger partial charge in [-0.05, 0) is 0 Å². The van der Waals surface area contributed by atoms with Gasteiger partial charge in [0.05, 0.1) is 0 Å². The van der Waals surface area contributed by atoms with Crippen molar-refractivity contribution >= 4 is 41.8 Å². The number of benzene rings is 3. The Kier molecular flexibility index (Phi) is 8.06. The Morgan fingerprint density at radius 3 is 1.62 bits per heavy atom. The molecule has 0 aliphatic heterocycles. The van der Waals surface area contributed by atoms with E-state index in [0.717, 1.165) is 9.52 Å². The molecule has 0 heterocycles. The third kappa shape index (κ3) is 4.82. The third-order valence-corrected chi connectivity index (χ3v) is 4.07. The Hall–Kier alpha value is -1.93. The van der Waals surface area contributed by atoms with Gasteiger partial charge >= 0.3 is 21.7 Å². The first-order valence-corrected chi connectivity index (χ1v) is 10.6. The van der Waals surface area contributed by atoms with Crippen LogP contribution in [-0.4, -0.2) is 9.52 Å². The van der Waals surface area contributed by atoms with E-state index in [-0.39, 0.29) is 21.7 Å². The van der Waals surface area contributed by atoms with Crippen LogP contribution in [0.2, 0.25) is 13.1 Å². The molecule has 0 saturated heterocycles. The summed E-state index contributed by atoms with van der Waals surface area (Å²) in [7, 11) is 1.08. The standard InChI is InChI=1S/C13H9.C9H7.C2H6Si.Ti/c1-3-7-12-10(5-1)9-11-6-2-4-8-13(11)12;1-2-5-9-7-3-6-8(9)4-1;1-3-2;/h1-9H;1-7H;1-2H3;/q2*-1;;+2. The molecule has 0 aliphatic rings. The summed E-state index contributed by atoms with van der Waals surface area (Å²) in [5.41, 5.74) is 0. The summed E-state index contributed by atoms with van der Waals surface area (Å²) < 4.78 is 0. The van der Waals surface area contributed by atoms with Crippen molar-refractivity contribution in [3.05, 3.63) is 97.1 Å². The van der Waals surface area contributed by atoms with E-state index >= 15 is 0 Å². The van der Waals surface area contributed by atoms with Crippen LogP contribution in [0.4, 0.5) is 0 Å². The van der Waals surface area contributed by atoms with Gasteiger partial charge in [-0.1, -0.05) is 55.6 Å². The normalized spacial score (nSPS) is 9.77. The maximum absolute atomic E-state index is 2.24. The fourth-order valence-electron chi connectivity index (χ4n) is 2.97. The van der Waals surface area contributed by atoms with E-state index < -0.39 is 0 Å². The van der Waals surface area contributed by atoms with Crippen molar-refractivity contribution in [2.75, 3.05) is 0 Å². The SMILES string of the molecule is C[Si]C.[Ti+2].c1ccc2[cH-]ccc2c1.c1ccc2c(c1)[cH-]c1ccccc12. The molecule has 0 bridgehead atoms. The molecule has 0 unspecified atom stereocenters. The topological polar surface area (TPSA) is 0 Å². The quantitative estimate of drug-likeness (QED) is 0.197. The minimum atomic E-state index is 0. The van der Waals surface area contributed by atoms with Gasteiger partial charge in [0.25, 0.3) is 0 Å². The fourth-order valence-corrected chi connectivity index (χ4v) is 2.97. The molecule has 0 spiro atoms. The molecule has 0 N–H and O–H groups in total. The van der Waals surface area contributed by atoms with Gasteiger partial charge in [0.2, 0.25) is 0 Å². The van der Waals surface area contributed by atoms with Gasteiger partial charge in [-0.3, -0.25) is 0 Å². The first-order valence-electron chi connectivity index (χ1n) is 8.55. The monoisotopic (exact) mass is 386 g/mol. The van der Waals surface area contributed by atoms with Crippen molar-refractivity contribution in [3.63, 3.8) is 0 Å². The molecule has 0 saturated carbocycles. The summed E-state index contributed by atoms with van der Waals surface area (Å²) in [4.78, 5) is 0. The van der Waals surface area contributed by atoms with Gasteiger partial charge in [0.15, 0.2) is 0 Å². The van der Waals surface area contributed by atoms with Gasteiger partial charge < -0.3 is 0 Å². The van der Waals surface area contributed by atoms with Crippen LogP contribution in [0.25, 0.3) is 32.3 Å². The van der Waals surface area contributed by atoms with Crippen LogP contribution in [0.5, 0.6) is 0 Å². The van der Waals surface area contributed by atoms with E-state index in [1.807, 2.05) is 0 Å². The molecule has 2 heteroatoms. The smallest absolute Gasteiger partial charge is 0.168 e. The van der Waals surface area contributed by atoms with Crippen molar-refractivity contribution < 1.29 is 21.7 Å². The van der Waals surface area contributed by atoms with Crippen LogP contribution in [0.3, 0.4) is 0 Å². The zero-order chi connectivity index (χ0) is 17.5. The summed E-state index contributed by atoms with van der Waals surface area (Å²) in [6.45, 7) is 4.31. The molecule has 5 aromatic rings. The second kappa shape index (κ2) is 10.3. The van der Waals surface area contributed by atoms with E-state index in [1.165, 1.54) is 32.3 Å². The zero-order valence-electron chi connectivity index (χ0n) is 15.2. The molecule has 0 amide bonds. The van der Waals surface area contributed by atoms with Crippen LogP contribution >= 0.6 is 0 Å². The summed E-state index contributed by atoms with van der Waals surface area (Å²) in [6, 6.07) is 33.9. The van der Waals surface area contributed by atoms with Gasteiger partial charge in [-0.15, -0.1) is 69.4 Å². The van der Waals surface area contributed by atoms with Gasteiger partial charge in [-0.2, -0.15) is 17.5 Å². The molecule has 126 valence electrons. The molecule has 0 fully saturated rings. The molecule has 0 nitrogen and oxygen atoms in total. The number of hydrogen-bond acceptors (Lipinski definition) is 0. The van der Waals surface area contributed by atoms with Crippen LogP contribution in [-0.2, 0) is 21.7 Å². The Balaban J connectivity index is 0.000000165. The number of fused-ring (bicyclic) bond motifs is 4. The van der Waals surface area contributed by atoms with Crippen molar-refractivity contribution in [2.24, 2.45) is 0 Å². The van der Waals surface area contributed by atoms with Crippen molar-refractivity contribution in [1.82, 2.24) is 0 Å². The molecule has 2 radical (unpaired) electrons. The largest absolute Gasteiger partial charge is 2.00 e. The average molecular weight is 386 g/mol. The van der Waals surface area contributed by atoms with E-state index in [0.29, 0.717) is 0 Å². The minimum absolute atomic E-state index is 0. The van der Waals surface area contributed by atoms with Crippen molar-refractivity contribution in [1.29, 1.82) is 0 Å². The summed E-state index contributed by atoms with van der Waals surface area (Å²) >= 11 is 0. The van der Waals surface area contributed by atoms with E-state index in [9.17, 15) is 0 Å². The Morgan fingerprint density at radius 1 is 0.615 bits per heavy atom. The molecule has 26 heavy (non-hydrogen) atoms. The Morgan fingerprint density at radius 2 is 1.08 bits per heavy atom. The van der Waals surface area contributed by atoms with Crippen LogP contribution in [0, 0.1) is 0 Å². The summed E-state index contributed by atoms with van der Waals surface area (Å²) in [6.07, 6.45) is 0. The Labute approximate surface area is 173 Å². The molecular formula is C24H22SiTi. The summed E-state index contributed by atoms with van der Waals surface area (Å²) in [5, 5.41) is 8.05. The Bertz CT molecular complexity index is 975. The average Bonchev–Trinajstić information content (AvgIpc) is 3.27. The predicted octanol–water partition coefficient (Wildman–Crippen LogP) is 7.05. The molecule has 5 aromatic carbocycles. The fraction of sp³-hybridized carbons (Fsp3) is 0.0833. The zero-order valence-corrected chi connectivity index (χ0v) is 17.8. The van der Waals surface area contributed by atoms with Crippen LogP contribution in [0.15, 0.2) is 97.1 Å². The molecular weight excluding hydrogens is 364 g/mol. The molecule has 0 aromatic heterocycles. The van der Waals surface area contributed by atoms with Crippen molar-refractivity contribution in [3.8, 4) is 0 Å². The van der Waals surface area contributed by atoms with Crippen LogP contribution < -0.4 is 0 Å². The van der Waals surface area contributed by atoms with Gasteiger partial charge in [0.1, 0.15) is 0 Å². The van der Waals surface area contributed by atoms with E-state index in [2.05, 4.69) is 110 Å². The maximum atomic E-state index is 2.24. The van der Waals surface area contributed by atoms with Gasteiger partial charge in [0, 0.05) is 9.52 Å². The molecule has 0 atom stereocenters. The third-order valence-electron chi connectivity index (χ3n) is 4.07. The van der Waals surface area contributed by atoms with Gasteiger partial charge in [-0.25, -0.2) is 0 Å². The van der Waals surface area contributed by atoms with Crippen LogP contribution in [0.1, 0.15) is 0 Å². The first kappa shape index (κ1) is 20.4. The molecule has 5 rings (SSSR count). The first-order chi connectivity index (χ1) is 12.3. The second-order valence-electron chi connectivity index (χ2n) is 5.97.